The Hall–Kier alpha value is -1.74. The normalized spacial score (nSPS) is 21.8. The van der Waals surface area contributed by atoms with Crippen LogP contribution in [0.25, 0.3) is 0 Å². The van der Waals surface area contributed by atoms with Crippen molar-refractivity contribution in [2.24, 2.45) is 0 Å². The molecule has 2 atom stereocenters. The van der Waals surface area contributed by atoms with Gasteiger partial charge in [0.1, 0.15) is 17.3 Å². The summed E-state index contributed by atoms with van der Waals surface area (Å²) in [5, 5.41) is 3.97. The van der Waals surface area contributed by atoms with Gasteiger partial charge in [-0.25, -0.2) is 9.97 Å². The molecule has 0 saturated carbocycles. The van der Waals surface area contributed by atoms with E-state index < -0.39 is 10.1 Å². The maximum Gasteiger partial charge on any atom is 0.294 e. The number of benzene rings is 1. The van der Waals surface area contributed by atoms with Crippen molar-refractivity contribution in [2.75, 3.05) is 18.0 Å². The Morgan fingerprint density at radius 1 is 1.28 bits per heavy atom. The Morgan fingerprint density at radius 3 is 2.52 bits per heavy atom. The van der Waals surface area contributed by atoms with E-state index in [0.29, 0.717) is 17.2 Å². The van der Waals surface area contributed by atoms with Gasteiger partial charge >= 0.3 is 0 Å². The number of aromatic nitrogens is 2. The van der Waals surface area contributed by atoms with E-state index in [1.165, 1.54) is 24.9 Å². The highest BCUT2D eigenvalue weighted by Gasteiger charge is 2.38. The molecule has 2 aromatic rings. The van der Waals surface area contributed by atoms with Gasteiger partial charge in [0.25, 0.3) is 10.1 Å². The zero-order chi connectivity index (χ0) is 18.0. The number of hydrogen-bond acceptors (Lipinski definition) is 6. The number of fused-ring (bicyclic) bond motifs is 2. The van der Waals surface area contributed by atoms with Crippen LogP contribution in [0, 0.1) is 6.92 Å². The van der Waals surface area contributed by atoms with E-state index >= 15 is 0 Å². The molecule has 0 unspecified atom stereocenters. The van der Waals surface area contributed by atoms with Crippen LogP contribution in [0.2, 0.25) is 5.15 Å². The van der Waals surface area contributed by atoms with Gasteiger partial charge in [-0.05, 0) is 25.5 Å². The summed E-state index contributed by atoms with van der Waals surface area (Å²) in [6.07, 6.45) is 2.75. The number of nitrogens with one attached hydrogen (secondary N) is 1. The molecule has 2 N–H and O–H groups in total. The van der Waals surface area contributed by atoms with Crippen LogP contribution in [0.4, 0.5) is 5.82 Å². The third-order valence-electron chi connectivity index (χ3n) is 4.29. The molecule has 134 valence electrons. The number of hydrogen-bond donors (Lipinski definition) is 2. The van der Waals surface area contributed by atoms with E-state index in [1.807, 2.05) is 13.0 Å². The summed E-state index contributed by atoms with van der Waals surface area (Å²) in [7, 11) is -4.02. The number of halogens is 1. The van der Waals surface area contributed by atoms with Crippen molar-refractivity contribution in [1.29, 1.82) is 0 Å². The van der Waals surface area contributed by atoms with Gasteiger partial charge < -0.3 is 10.2 Å². The van der Waals surface area contributed by atoms with Crippen LogP contribution >= 0.6 is 11.6 Å². The molecule has 2 aliphatic heterocycles. The van der Waals surface area contributed by atoms with Gasteiger partial charge in [-0.1, -0.05) is 29.3 Å². The summed E-state index contributed by atoms with van der Waals surface area (Å²) in [4.78, 5) is 10.4. The quantitative estimate of drug-likeness (QED) is 0.605. The first-order chi connectivity index (χ1) is 11.8. The lowest BCUT2D eigenvalue weighted by Gasteiger charge is -2.28. The first-order valence-electron chi connectivity index (χ1n) is 7.84. The van der Waals surface area contributed by atoms with Crippen LogP contribution in [0.5, 0.6) is 0 Å². The molecule has 9 heteroatoms. The van der Waals surface area contributed by atoms with E-state index in [4.69, 9.17) is 16.2 Å². The van der Waals surface area contributed by atoms with E-state index in [-0.39, 0.29) is 4.90 Å². The van der Waals surface area contributed by atoms with Crippen LogP contribution in [-0.4, -0.2) is 48.1 Å². The number of anilines is 1. The first-order valence-corrected chi connectivity index (χ1v) is 9.66. The lowest BCUT2D eigenvalue weighted by molar-refractivity contribution is 0.483. The largest absolute Gasteiger partial charge is 0.351 e. The molecule has 0 amide bonds. The van der Waals surface area contributed by atoms with Crippen molar-refractivity contribution in [3.05, 3.63) is 47.4 Å². The fourth-order valence-electron chi connectivity index (χ4n) is 3.03. The Morgan fingerprint density at radius 2 is 2.00 bits per heavy atom. The van der Waals surface area contributed by atoms with Crippen LogP contribution < -0.4 is 10.2 Å². The number of piperazine rings is 1. The fourth-order valence-corrected chi connectivity index (χ4v) is 3.65. The second-order valence-corrected chi connectivity index (χ2v) is 7.94. The minimum Gasteiger partial charge on any atom is -0.351 e. The van der Waals surface area contributed by atoms with Crippen LogP contribution in [-0.2, 0) is 10.1 Å². The minimum atomic E-state index is -4.02. The van der Waals surface area contributed by atoms with E-state index in [9.17, 15) is 8.42 Å². The zero-order valence-electron chi connectivity index (χ0n) is 13.6. The summed E-state index contributed by atoms with van der Waals surface area (Å²) in [5.41, 5.74) is 0.956. The third-order valence-corrected chi connectivity index (χ3v) is 5.36. The average Bonchev–Trinajstić information content (AvgIpc) is 3.18. The van der Waals surface area contributed by atoms with Gasteiger partial charge in [0.05, 0.1) is 4.90 Å². The average molecular weight is 383 g/mol. The van der Waals surface area contributed by atoms with E-state index in [0.717, 1.165) is 24.5 Å². The second-order valence-electron chi connectivity index (χ2n) is 6.13. The molecule has 2 aliphatic rings. The van der Waals surface area contributed by atoms with Crippen molar-refractivity contribution < 1.29 is 13.0 Å². The standard InChI is InChI=1S/C9H11ClN4.C7H8O3S/c10-8-2-9(13-5-12-8)14-4-6-1-7(14)3-11-6;1-6-2-4-7(5-3-6)11(8,9)10/h2,5-7,11H,1,3-4H2;2-5H,1H3,(H,8,9,10)/t6-,7-;/m0./s1. The van der Waals surface area contributed by atoms with Crippen molar-refractivity contribution in [2.45, 2.75) is 30.3 Å². The maximum atomic E-state index is 10.5. The fraction of sp³-hybridized carbons (Fsp3) is 0.375. The summed E-state index contributed by atoms with van der Waals surface area (Å²) in [5.74, 6) is 0.957. The molecule has 2 fully saturated rings. The van der Waals surface area contributed by atoms with Gasteiger partial charge in [0, 0.05) is 31.2 Å². The first kappa shape index (κ1) is 18.1. The van der Waals surface area contributed by atoms with Gasteiger partial charge in [-0.3, -0.25) is 4.55 Å². The van der Waals surface area contributed by atoms with E-state index in [2.05, 4.69) is 20.2 Å². The molecule has 3 heterocycles. The van der Waals surface area contributed by atoms with Crippen molar-refractivity contribution in [1.82, 2.24) is 15.3 Å². The van der Waals surface area contributed by atoms with Crippen LogP contribution in [0.1, 0.15) is 12.0 Å². The second kappa shape index (κ2) is 7.25. The zero-order valence-corrected chi connectivity index (χ0v) is 15.2. The molecular weight excluding hydrogens is 364 g/mol. The molecule has 0 radical (unpaired) electrons. The summed E-state index contributed by atoms with van der Waals surface area (Å²) in [6, 6.07) is 9.05. The molecule has 25 heavy (non-hydrogen) atoms. The molecule has 7 nitrogen and oxygen atoms in total. The SMILES string of the molecule is Cc1ccc(S(=O)(=O)O)cc1.Clc1cc(N2C[C@@H]3C[C@H]2CN3)ncn1. The van der Waals surface area contributed by atoms with Crippen molar-refractivity contribution in [3.8, 4) is 0 Å². The Labute approximate surface area is 151 Å². The predicted molar refractivity (Wildman–Crippen MR) is 95.6 cm³/mol. The highest BCUT2D eigenvalue weighted by atomic mass is 35.5. The lowest BCUT2D eigenvalue weighted by Crippen LogP contribution is -2.44. The number of aryl methyl sites for hydroxylation is 1. The van der Waals surface area contributed by atoms with Gasteiger partial charge in [0.2, 0.25) is 0 Å². The van der Waals surface area contributed by atoms with Crippen LogP contribution in [0.15, 0.2) is 41.6 Å². The Balaban J connectivity index is 0.000000151. The molecule has 0 aliphatic carbocycles. The molecule has 1 aromatic heterocycles. The summed E-state index contributed by atoms with van der Waals surface area (Å²) < 4.78 is 29.6. The molecular formula is C16H19ClN4O3S. The van der Waals surface area contributed by atoms with Crippen molar-refractivity contribution in [3.63, 3.8) is 0 Å². The number of nitrogens with zero attached hydrogens (tertiary/aromatic N) is 3. The summed E-state index contributed by atoms with van der Waals surface area (Å²) >= 11 is 5.83. The Kier molecular flexibility index (Phi) is 5.24. The predicted octanol–water partition coefficient (Wildman–Crippen LogP) is 1.92. The third kappa shape index (κ3) is 4.46. The van der Waals surface area contributed by atoms with Crippen molar-refractivity contribution >= 4 is 27.5 Å². The molecule has 0 spiro atoms. The highest BCUT2D eigenvalue weighted by molar-refractivity contribution is 7.85. The number of rotatable bonds is 2. The van der Waals surface area contributed by atoms with Gasteiger partial charge in [-0.2, -0.15) is 8.42 Å². The van der Waals surface area contributed by atoms with Gasteiger partial charge in [0.15, 0.2) is 0 Å². The molecule has 2 bridgehead atoms. The lowest BCUT2D eigenvalue weighted by atomic mass is 10.2. The van der Waals surface area contributed by atoms with Crippen LogP contribution in [0.3, 0.4) is 0 Å². The van der Waals surface area contributed by atoms with E-state index in [1.54, 1.807) is 12.1 Å². The molecule has 2 saturated heterocycles. The highest BCUT2D eigenvalue weighted by Crippen LogP contribution is 2.28. The monoisotopic (exact) mass is 382 g/mol. The van der Waals surface area contributed by atoms with Gasteiger partial charge in [-0.15, -0.1) is 0 Å². The topological polar surface area (TPSA) is 95.4 Å². The smallest absolute Gasteiger partial charge is 0.294 e. The minimum absolute atomic E-state index is 0.0666. The molecule has 1 aromatic carbocycles. The maximum absolute atomic E-state index is 10.5. The Bertz CT molecular complexity index is 845. The molecule has 4 rings (SSSR count). The summed E-state index contributed by atoms with van der Waals surface area (Å²) in [6.45, 7) is 3.94.